The molecular weight excluding hydrogens is 462 g/mol. The van der Waals surface area contributed by atoms with Crippen molar-refractivity contribution in [3.63, 3.8) is 0 Å². The lowest BCUT2D eigenvalue weighted by Gasteiger charge is -2.28. The highest BCUT2D eigenvalue weighted by molar-refractivity contribution is 5.75. The highest BCUT2D eigenvalue weighted by Gasteiger charge is 2.33. The van der Waals surface area contributed by atoms with Crippen LogP contribution in [0.1, 0.15) is 58.9 Å². The number of carboxylic acid groups (broad SMARTS) is 1. The van der Waals surface area contributed by atoms with E-state index in [0.717, 1.165) is 6.42 Å². The van der Waals surface area contributed by atoms with E-state index in [9.17, 15) is 24.3 Å². The molecule has 0 radical (unpaired) electrons. The van der Waals surface area contributed by atoms with E-state index in [1.54, 1.807) is 20.8 Å². The van der Waals surface area contributed by atoms with Crippen molar-refractivity contribution in [2.45, 2.75) is 59.4 Å². The number of carbonyl (C=O) groups excluding carboxylic acids is 3. The zero-order valence-corrected chi connectivity index (χ0v) is 20.8. The molecular formula is C24H35NO10. The van der Waals surface area contributed by atoms with Crippen LogP contribution in [0.4, 0.5) is 9.59 Å². The van der Waals surface area contributed by atoms with Gasteiger partial charge in [-0.15, -0.1) is 0 Å². The second-order valence-electron chi connectivity index (χ2n) is 8.04. The number of hydrogen-bond acceptors (Lipinski definition) is 10. The molecule has 196 valence electrons. The molecule has 3 unspecified atom stereocenters. The zero-order valence-electron chi connectivity index (χ0n) is 20.8. The minimum atomic E-state index is -1.37. The molecule has 1 aromatic rings. The van der Waals surface area contributed by atoms with Crippen LogP contribution in [-0.4, -0.2) is 55.2 Å². The van der Waals surface area contributed by atoms with Crippen LogP contribution in [0.2, 0.25) is 0 Å². The van der Waals surface area contributed by atoms with Gasteiger partial charge in [-0.1, -0.05) is 33.3 Å². The SMILES string of the molecule is CCOC(=O)Oc1ccc(C(C(C)COC(=O)CC(C)CC)[C@H](N)C(=O)O)cc1OC(=O)OCC. The summed E-state index contributed by atoms with van der Waals surface area (Å²) in [5.74, 6) is -3.21. The highest BCUT2D eigenvalue weighted by Crippen LogP contribution is 2.36. The molecule has 11 nitrogen and oxygen atoms in total. The summed E-state index contributed by atoms with van der Waals surface area (Å²) in [6.07, 6.45) is -1.00. The zero-order chi connectivity index (χ0) is 26.5. The van der Waals surface area contributed by atoms with E-state index in [1.165, 1.54) is 18.2 Å². The first-order chi connectivity index (χ1) is 16.5. The average molecular weight is 498 g/mol. The first-order valence-corrected chi connectivity index (χ1v) is 11.5. The fourth-order valence-corrected chi connectivity index (χ4v) is 3.23. The van der Waals surface area contributed by atoms with Gasteiger partial charge in [-0.2, -0.15) is 0 Å². The summed E-state index contributed by atoms with van der Waals surface area (Å²) in [7, 11) is 0. The normalized spacial score (nSPS) is 14.1. The third-order valence-corrected chi connectivity index (χ3v) is 5.27. The molecule has 3 N–H and O–H groups in total. The number of rotatable bonds is 13. The molecule has 0 heterocycles. The van der Waals surface area contributed by atoms with E-state index in [0.29, 0.717) is 5.56 Å². The molecule has 1 rings (SSSR count). The Labute approximate surface area is 204 Å². The van der Waals surface area contributed by atoms with Crippen molar-refractivity contribution in [3.8, 4) is 11.5 Å². The van der Waals surface area contributed by atoms with Crippen molar-refractivity contribution in [3.05, 3.63) is 23.8 Å². The fraction of sp³-hybridized carbons (Fsp3) is 0.583. The summed E-state index contributed by atoms with van der Waals surface area (Å²) >= 11 is 0. The van der Waals surface area contributed by atoms with Gasteiger partial charge in [0.05, 0.1) is 19.8 Å². The van der Waals surface area contributed by atoms with Gasteiger partial charge >= 0.3 is 24.2 Å². The molecule has 0 bridgehead atoms. The quantitative estimate of drug-likeness (QED) is 0.231. The van der Waals surface area contributed by atoms with Gasteiger partial charge in [-0.05, 0) is 43.4 Å². The van der Waals surface area contributed by atoms with Gasteiger partial charge < -0.3 is 34.5 Å². The van der Waals surface area contributed by atoms with Gasteiger partial charge in [0.2, 0.25) is 0 Å². The van der Waals surface area contributed by atoms with Crippen LogP contribution < -0.4 is 15.2 Å². The number of nitrogens with two attached hydrogens (primary N) is 1. The summed E-state index contributed by atoms with van der Waals surface area (Å²) in [5.41, 5.74) is 6.34. The Morgan fingerprint density at radius 3 is 2.00 bits per heavy atom. The van der Waals surface area contributed by atoms with Gasteiger partial charge in [0, 0.05) is 12.3 Å². The molecule has 0 spiro atoms. The lowest BCUT2D eigenvalue weighted by Crippen LogP contribution is -2.40. The monoisotopic (exact) mass is 497 g/mol. The Bertz CT molecular complexity index is 872. The summed E-state index contributed by atoms with van der Waals surface area (Å²) < 4.78 is 25.1. The molecule has 0 aromatic heterocycles. The minimum absolute atomic E-state index is 0.0398. The number of aliphatic carboxylic acids is 1. The predicted octanol–water partition coefficient (Wildman–Crippen LogP) is 3.87. The number of esters is 1. The summed E-state index contributed by atoms with van der Waals surface area (Å²) in [5, 5.41) is 9.58. The van der Waals surface area contributed by atoms with Crippen LogP contribution in [0.5, 0.6) is 11.5 Å². The third kappa shape index (κ3) is 9.81. The lowest BCUT2D eigenvalue weighted by molar-refractivity contribution is -0.146. The third-order valence-electron chi connectivity index (χ3n) is 5.27. The van der Waals surface area contributed by atoms with Crippen molar-refractivity contribution in [2.75, 3.05) is 19.8 Å². The average Bonchev–Trinajstić information content (AvgIpc) is 2.79. The largest absolute Gasteiger partial charge is 0.513 e. The van der Waals surface area contributed by atoms with E-state index in [2.05, 4.69) is 0 Å². The van der Waals surface area contributed by atoms with Crippen LogP contribution in [0.15, 0.2) is 18.2 Å². The van der Waals surface area contributed by atoms with Crippen LogP contribution in [0, 0.1) is 11.8 Å². The number of carbonyl (C=O) groups is 4. The van der Waals surface area contributed by atoms with E-state index < -0.39 is 42.1 Å². The molecule has 0 aliphatic heterocycles. The number of hydrogen-bond donors (Lipinski definition) is 2. The van der Waals surface area contributed by atoms with Crippen molar-refractivity contribution in [1.29, 1.82) is 0 Å². The van der Waals surface area contributed by atoms with Crippen LogP contribution >= 0.6 is 0 Å². The molecule has 0 aliphatic rings. The first-order valence-electron chi connectivity index (χ1n) is 11.5. The second kappa shape index (κ2) is 14.8. The van der Waals surface area contributed by atoms with Crippen LogP contribution in [-0.2, 0) is 23.8 Å². The molecule has 0 saturated heterocycles. The molecule has 0 aliphatic carbocycles. The fourth-order valence-electron chi connectivity index (χ4n) is 3.23. The van der Waals surface area contributed by atoms with E-state index >= 15 is 0 Å². The first kappa shape index (κ1) is 29.7. The van der Waals surface area contributed by atoms with Crippen molar-refractivity contribution >= 4 is 24.2 Å². The Balaban J connectivity index is 3.27. The Kier molecular flexibility index (Phi) is 12.6. The number of carboxylic acids is 1. The van der Waals surface area contributed by atoms with Gasteiger partial charge in [0.1, 0.15) is 6.04 Å². The number of benzene rings is 1. The van der Waals surface area contributed by atoms with Crippen molar-refractivity contribution in [1.82, 2.24) is 0 Å². The molecule has 0 amide bonds. The van der Waals surface area contributed by atoms with E-state index in [1.807, 2.05) is 13.8 Å². The molecule has 11 heteroatoms. The maximum Gasteiger partial charge on any atom is 0.513 e. The topological polar surface area (TPSA) is 161 Å². The maximum absolute atomic E-state index is 12.1. The summed E-state index contributed by atoms with van der Waals surface area (Å²) in [4.78, 5) is 47.6. The number of ether oxygens (including phenoxy) is 5. The molecule has 1 aromatic carbocycles. The molecule has 0 saturated carbocycles. The van der Waals surface area contributed by atoms with E-state index in [4.69, 9.17) is 29.4 Å². The van der Waals surface area contributed by atoms with E-state index in [-0.39, 0.29) is 43.7 Å². The Hall–Kier alpha value is -3.34. The summed E-state index contributed by atoms with van der Waals surface area (Å²) in [6, 6.07) is 2.77. The van der Waals surface area contributed by atoms with Crippen LogP contribution in [0.3, 0.4) is 0 Å². The van der Waals surface area contributed by atoms with Crippen LogP contribution in [0.25, 0.3) is 0 Å². The predicted molar refractivity (Wildman–Crippen MR) is 124 cm³/mol. The maximum atomic E-state index is 12.1. The van der Waals surface area contributed by atoms with Gasteiger partial charge in [-0.3, -0.25) is 9.59 Å². The summed E-state index contributed by atoms with van der Waals surface area (Å²) in [6.45, 7) is 8.79. The van der Waals surface area contributed by atoms with Crippen molar-refractivity contribution < 1.29 is 48.0 Å². The Morgan fingerprint density at radius 2 is 1.49 bits per heavy atom. The molecule has 0 fully saturated rings. The van der Waals surface area contributed by atoms with Gasteiger partial charge in [0.25, 0.3) is 0 Å². The van der Waals surface area contributed by atoms with Gasteiger partial charge in [-0.25, -0.2) is 9.59 Å². The lowest BCUT2D eigenvalue weighted by atomic mass is 9.82. The van der Waals surface area contributed by atoms with Crippen molar-refractivity contribution in [2.24, 2.45) is 17.6 Å². The van der Waals surface area contributed by atoms with Gasteiger partial charge in [0.15, 0.2) is 11.5 Å². The molecule has 35 heavy (non-hydrogen) atoms. The minimum Gasteiger partial charge on any atom is -0.480 e. The smallest absolute Gasteiger partial charge is 0.480 e. The standard InChI is InChI=1S/C24H35NO10/c1-6-14(4)11-19(26)33-13-15(5)20(21(25)22(27)28)16-9-10-17(34-23(29)31-7-2)18(12-16)35-24(30)32-8-3/h9-10,12,14-15,20-21H,6-8,11,13,25H2,1-5H3,(H,27,28)/t14?,15?,20?,21-/m0/s1. The highest BCUT2D eigenvalue weighted by atomic mass is 16.7. The Morgan fingerprint density at radius 1 is 0.914 bits per heavy atom. The molecule has 4 atom stereocenters. The second-order valence-corrected chi connectivity index (χ2v) is 8.04.